The predicted octanol–water partition coefficient (Wildman–Crippen LogP) is 4.44. The molecule has 0 unspecified atom stereocenters. The van der Waals surface area contributed by atoms with Gasteiger partial charge in [-0.1, -0.05) is 29.8 Å². The number of para-hydroxylation sites is 1. The molecule has 158 valence electrons. The van der Waals surface area contributed by atoms with Crippen LogP contribution < -0.4 is 4.90 Å². The van der Waals surface area contributed by atoms with Crippen LogP contribution in [0.4, 0.5) is 11.4 Å². The summed E-state index contributed by atoms with van der Waals surface area (Å²) >= 11 is 6.02. The van der Waals surface area contributed by atoms with Crippen molar-refractivity contribution in [1.82, 2.24) is 4.57 Å². The lowest BCUT2D eigenvalue weighted by atomic mass is 10.1. The number of nitro benzene ring substituents is 1. The van der Waals surface area contributed by atoms with E-state index in [-0.39, 0.29) is 35.3 Å². The number of hydrogen-bond donors (Lipinski definition) is 0. The van der Waals surface area contributed by atoms with E-state index in [0.29, 0.717) is 17.9 Å². The van der Waals surface area contributed by atoms with Crippen LogP contribution in [-0.4, -0.2) is 28.0 Å². The van der Waals surface area contributed by atoms with Crippen molar-refractivity contribution < 1.29 is 19.2 Å². The Labute approximate surface area is 182 Å². The van der Waals surface area contributed by atoms with E-state index in [1.54, 1.807) is 24.0 Å². The number of nitrogens with zero attached hydrogens (tertiary/aromatic N) is 3. The summed E-state index contributed by atoms with van der Waals surface area (Å²) in [4.78, 5) is 37.8. The fourth-order valence-corrected chi connectivity index (χ4v) is 3.92. The Kier molecular flexibility index (Phi) is 5.48. The normalized spacial score (nSPS) is 12.5. The highest BCUT2D eigenvalue weighted by Crippen LogP contribution is 2.32. The molecule has 0 spiro atoms. The van der Waals surface area contributed by atoms with Crippen molar-refractivity contribution in [2.45, 2.75) is 20.0 Å². The standard InChI is InChI=1S/C22H18ClN3O5/c1-2-31-22(28)20-10-8-16-13-25(18-6-4-3-5-15(18)12-24(16)20)21(27)14-7-9-19(26(29)30)17(23)11-14/h3-11H,2,12-13H2,1H3. The highest BCUT2D eigenvalue weighted by Gasteiger charge is 2.28. The molecule has 9 heteroatoms. The third kappa shape index (κ3) is 3.77. The highest BCUT2D eigenvalue weighted by atomic mass is 35.5. The van der Waals surface area contributed by atoms with Crippen LogP contribution in [0.25, 0.3) is 0 Å². The van der Waals surface area contributed by atoms with Crippen LogP contribution in [0.2, 0.25) is 5.02 Å². The number of fused-ring (bicyclic) bond motifs is 2. The van der Waals surface area contributed by atoms with E-state index < -0.39 is 10.9 Å². The number of carbonyl (C=O) groups excluding carboxylic acids is 2. The van der Waals surface area contributed by atoms with Crippen LogP contribution in [0.3, 0.4) is 0 Å². The van der Waals surface area contributed by atoms with Gasteiger partial charge in [0.05, 0.1) is 24.6 Å². The van der Waals surface area contributed by atoms with Gasteiger partial charge in [0.2, 0.25) is 0 Å². The van der Waals surface area contributed by atoms with E-state index in [1.807, 2.05) is 28.8 Å². The zero-order chi connectivity index (χ0) is 22.1. The van der Waals surface area contributed by atoms with Crippen LogP contribution in [0.5, 0.6) is 0 Å². The van der Waals surface area contributed by atoms with Crippen molar-refractivity contribution in [2.75, 3.05) is 11.5 Å². The average Bonchev–Trinajstić information content (AvgIpc) is 3.06. The van der Waals surface area contributed by atoms with Gasteiger partial charge in [-0.3, -0.25) is 14.9 Å². The number of benzene rings is 2. The smallest absolute Gasteiger partial charge is 0.354 e. The molecule has 0 aliphatic carbocycles. The summed E-state index contributed by atoms with van der Waals surface area (Å²) < 4.78 is 7.00. The van der Waals surface area contributed by atoms with Gasteiger partial charge in [0, 0.05) is 23.0 Å². The summed E-state index contributed by atoms with van der Waals surface area (Å²) in [5, 5.41) is 10.9. The highest BCUT2D eigenvalue weighted by molar-refractivity contribution is 6.33. The summed E-state index contributed by atoms with van der Waals surface area (Å²) in [5.74, 6) is -0.773. The minimum atomic E-state index is -0.596. The molecule has 31 heavy (non-hydrogen) atoms. The summed E-state index contributed by atoms with van der Waals surface area (Å²) in [7, 11) is 0. The topological polar surface area (TPSA) is 94.7 Å². The maximum absolute atomic E-state index is 13.4. The lowest BCUT2D eigenvalue weighted by molar-refractivity contribution is -0.384. The second-order valence-electron chi connectivity index (χ2n) is 6.96. The van der Waals surface area contributed by atoms with E-state index in [4.69, 9.17) is 16.3 Å². The molecular formula is C22H18ClN3O5. The van der Waals surface area contributed by atoms with Gasteiger partial charge in [-0.15, -0.1) is 0 Å². The largest absolute Gasteiger partial charge is 0.461 e. The van der Waals surface area contributed by atoms with Crippen LogP contribution in [-0.2, 0) is 17.8 Å². The Morgan fingerprint density at radius 1 is 1.13 bits per heavy atom. The average molecular weight is 440 g/mol. The number of rotatable bonds is 4. The second-order valence-corrected chi connectivity index (χ2v) is 7.37. The first kappa shape index (κ1) is 20.6. The van der Waals surface area contributed by atoms with Gasteiger partial charge in [-0.05, 0) is 42.8 Å². The Hall–Kier alpha value is -3.65. The van der Waals surface area contributed by atoms with Crippen LogP contribution in [0.15, 0.2) is 54.6 Å². The zero-order valence-corrected chi connectivity index (χ0v) is 17.3. The number of amides is 1. The fourth-order valence-electron chi connectivity index (χ4n) is 3.67. The Balaban J connectivity index is 1.77. The fraction of sp³-hybridized carbons (Fsp3) is 0.182. The molecule has 2 heterocycles. The second kappa shape index (κ2) is 8.23. The van der Waals surface area contributed by atoms with Crippen LogP contribution in [0.1, 0.15) is 39.0 Å². The lowest BCUT2D eigenvalue weighted by Gasteiger charge is -2.23. The predicted molar refractivity (Wildman–Crippen MR) is 115 cm³/mol. The number of halogens is 1. The van der Waals surface area contributed by atoms with Gasteiger partial charge >= 0.3 is 5.97 Å². The van der Waals surface area contributed by atoms with Crippen molar-refractivity contribution in [3.63, 3.8) is 0 Å². The molecule has 8 nitrogen and oxygen atoms in total. The van der Waals surface area contributed by atoms with Gasteiger partial charge in [0.1, 0.15) is 10.7 Å². The lowest BCUT2D eigenvalue weighted by Crippen LogP contribution is -2.30. The van der Waals surface area contributed by atoms with Crippen LogP contribution in [0, 0.1) is 10.1 Å². The van der Waals surface area contributed by atoms with Gasteiger partial charge in [0.15, 0.2) is 0 Å². The monoisotopic (exact) mass is 439 g/mol. The number of ether oxygens (including phenoxy) is 1. The quantitative estimate of drug-likeness (QED) is 0.340. The van der Waals surface area contributed by atoms with Gasteiger partial charge in [0.25, 0.3) is 11.6 Å². The molecule has 0 bridgehead atoms. The Morgan fingerprint density at radius 2 is 1.90 bits per heavy atom. The van der Waals surface area contributed by atoms with Crippen molar-refractivity contribution >= 4 is 34.9 Å². The van der Waals surface area contributed by atoms with E-state index in [1.165, 1.54) is 18.2 Å². The Morgan fingerprint density at radius 3 is 2.61 bits per heavy atom. The molecular weight excluding hydrogens is 422 g/mol. The Bertz CT molecular complexity index is 1200. The van der Waals surface area contributed by atoms with Crippen LogP contribution >= 0.6 is 11.6 Å². The number of aromatic nitrogens is 1. The minimum Gasteiger partial charge on any atom is -0.461 e. The molecule has 1 amide bonds. The third-order valence-electron chi connectivity index (χ3n) is 5.12. The maximum Gasteiger partial charge on any atom is 0.354 e. The summed E-state index contributed by atoms with van der Waals surface area (Å²) in [5.41, 5.74) is 2.70. The third-order valence-corrected chi connectivity index (χ3v) is 5.43. The molecule has 1 aliphatic heterocycles. The minimum absolute atomic E-state index is 0.105. The molecule has 3 aromatic rings. The first-order chi connectivity index (χ1) is 14.9. The van der Waals surface area contributed by atoms with Gasteiger partial charge in [-0.2, -0.15) is 0 Å². The molecule has 0 radical (unpaired) electrons. The maximum atomic E-state index is 13.4. The number of nitro groups is 1. The number of anilines is 1. The van der Waals surface area contributed by atoms with E-state index in [0.717, 1.165) is 11.3 Å². The van der Waals surface area contributed by atoms with E-state index in [2.05, 4.69) is 0 Å². The number of carbonyl (C=O) groups is 2. The first-order valence-corrected chi connectivity index (χ1v) is 9.97. The summed E-state index contributed by atoms with van der Waals surface area (Å²) in [6.45, 7) is 2.62. The van der Waals surface area contributed by atoms with E-state index >= 15 is 0 Å². The number of hydrogen-bond acceptors (Lipinski definition) is 5. The molecule has 1 aromatic heterocycles. The molecule has 4 rings (SSSR count). The van der Waals surface area contributed by atoms with Crippen molar-refractivity contribution in [3.8, 4) is 0 Å². The summed E-state index contributed by atoms with van der Waals surface area (Å²) in [6.07, 6.45) is 0. The van der Waals surface area contributed by atoms with Gasteiger partial charge < -0.3 is 14.2 Å². The number of esters is 1. The molecule has 1 aliphatic rings. The van der Waals surface area contributed by atoms with Crippen molar-refractivity contribution in [1.29, 1.82) is 0 Å². The molecule has 0 saturated carbocycles. The molecule has 0 atom stereocenters. The van der Waals surface area contributed by atoms with Crippen molar-refractivity contribution in [3.05, 3.63) is 92.2 Å². The van der Waals surface area contributed by atoms with E-state index in [9.17, 15) is 19.7 Å². The zero-order valence-electron chi connectivity index (χ0n) is 16.6. The molecule has 0 fully saturated rings. The van der Waals surface area contributed by atoms with Gasteiger partial charge in [-0.25, -0.2) is 4.79 Å². The molecule has 2 aromatic carbocycles. The first-order valence-electron chi connectivity index (χ1n) is 9.60. The summed E-state index contributed by atoms with van der Waals surface area (Å²) in [6, 6.07) is 14.8. The van der Waals surface area contributed by atoms with Crippen molar-refractivity contribution in [2.24, 2.45) is 0 Å². The molecule has 0 N–H and O–H groups in total. The SMILES string of the molecule is CCOC(=O)c1ccc2n1Cc1ccccc1N(C(=O)c1ccc([N+](=O)[O-])c(Cl)c1)C2. The molecule has 0 saturated heterocycles.